The van der Waals surface area contributed by atoms with Crippen LogP contribution < -0.4 is 4.74 Å². The topological polar surface area (TPSA) is 69.7 Å². The summed E-state index contributed by atoms with van der Waals surface area (Å²) in [5.41, 5.74) is 2.73. The minimum absolute atomic E-state index is 0.0724. The molecule has 29 heavy (non-hydrogen) atoms. The number of hydrogen-bond donors (Lipinski definition) is 0. The Balaban J connectivity index is 1.67. The Labute approximate surface area is 180 Å². The third-order valence-corrected chi connectivity index (χ3v) is 5.96. The molecular formula is C23H20ClN3OS. The molecular weight excluding hydrogens is 402 g/mol. The number of pyridine rings is 1. The Bertz CT molecular complexity index is 1060. The van der Waals surface area contributed by atoms with Gasteiger partial charge in [0.15, 0.2) is 0 Å². The molecule has 0 aliphatic carbocycles. The average molecular weight is 422 g/mol. The fourth-order valence-electron chi connectivity index (χ4n) is 2.91. The lowest BCUT2D eigenvalue weighted by molar-refractivity contribution is 0.301. The van der Waals surface area contributed by atoms with Gasteiger partial charge in [-0.1, -0.05) is 35.9 Å². The van der Waals surface area contributed by atoms with Crippen LogP contribution in [0, 0.1) is 22.7 Å². The number of hydrogen-bond acceptors (Lipinski definition) is 5. The van der Waals surface area contributed by atoms with E-state index in [2.05, 4.69) is 17.1 Å². The van der Waals surface area contributed by atoms with Gasteiger partial charge >= 0.3 is 0 Å². The molecule has 0 radical (unpaired) electrons. The van der Waals surface area contributed by atoms with Crippen LogP contribution in [0.4, 0.5) is 0 Å². The largest absolute Gasteiger partial charge is 0.487 e. The molecule has 0 aliphatic rings. The molecule has 0 saturated heterocycles. The molecule has 3 aromatic rings. The van der Waals surface area contributed by atoms with E-state index in [1.54, 1.807) is 11.8 Å². The number of rotatable bonds is 9. The highest BCUT2D eigenvalue weighted by atomic mass is 35.5. The maximum atomic E-state index is 9.16. The van der Waals surface area contributed by atoms with Crippen LogP contribution in [0.3, 0.4) is 0 Å². The van der Waals surface area contributed by atoms with Gasteiger partial charge in [-0.15, -0.1) is 0 Å². The summed E-state index contributed by atoms with van der Waals surface area (Å²) in [5.74, 6) is 1.60. The van der Waals surface area contributed by atoms with Crippen molar-refractivity contribution in [2.45, 2.75) is 31.1 Å². The van der Waals surface area contributed by atoms with Gasteiger partial charge in [0.25, 0.3) is 0 Å². The highest BCUT2D eigenvalue weighted by Crippen LogP contribution is 2.34. The predicted molar refractivity (Wildman–Crippen MR) is 118 cm³/mol. The van der Waals surface area contributed by atoms with Gasteiger partial charge in [0, 0.05) is 22.1 Å². The molecule has 1 atom stereocenters. The van der Waals surface area contributed by atoms with Crippen LogP contribution in [0.2, 0.25) is 5.02 Å². The molecule has 1 unspecified atom stereocenters. The molecule has 0 bridgehead atoms. The monoisotopic (exact) mass is 421 g/mol. The van der Waals surface area contributed by atoms with Crippen molar-refractivity contribution in [2.24, 2.45) is 0 Å². The van der Waals surface area contributed by atoms with Crippen molar-refractivity contribution >= 4 is 34.3 Å². The van der Waals surface area contributed by atoms with E-state index in [4.69, 9.17) is 26.9 Å². The molecule has 0 amide bonds. The van der Waals surface area contributed by atoms with Crippen LogP contribution in [0.5, 0.6) is 5.75 Å². The van der Waals surface area contributed by atoms with E-state index in [9.17, 15) is 0 Å². The first-order valence-electron chi connectivity index (χ1n) is 9.33. The summed E-state index contributed by atoms with van der Waals surface area (Å²) in [6, 6.07) is 21.9. The molecule has 0 N–H and O–H groups in total. The van der Waals surface area contributed by atoms with Crippen LogP contribution >= 0.6 is 23.4 Å². The maximum absolute atomic E-state index is 9.16. The zero-order valence-corrected chi connectivity index (χ0v) is 17.4. The van der Waals surface area contributed by atoms with Crippen LogP contribution in [0.15, 0.2) is 54.6 Å². The van der Waals surface area contributed by atoms with E-state index in [0.717, 1.165) is 40.1 Å². The summed E-state index contributed by atoms with van der Waals surface area (Å²) in [5, 5.41) is 19.6. The Kier molecular flexibility index (Phi) is 7.76. The molecule has 1 aromatic heterocycles. The van der Waals surface area contributed by atoms with Gasteiger partial charge in [-0.25, -0.2) is 4.98 Å². The number of ether oxygens (including phenoxy) is 1. The smallest absolute Gasteiger partial charge is 0.130 e. The van der Waals surface area contributed by atoms with Crippen molar-refractivity contribution in [3.8, 4) is 17.9 Å². The maximum Gasteiger partial charge on any atom is 0.130 e. The number of nitrogens with zero attached hydrogens (tertiary/aromatic N) is 3. The summed E-state index contributed by atoms with van der Waals surface area (Å²) < 4.78 is 5.95. The van der Waals surface area contributed by atoms with E-state index in [1.165, 1.54) is 0 Å². The first-order valence-corrected chi connectivity index (χ1v) is 10.8. The number of unbranched alkanes of at least 4 members (excludes halogenated alkanes) is 1. The second-order valence-corrected chi connectivity index (χ2v) is 8.23. The molecule has 3 rings (SSSR count). The lowest BCUT2D eigenvalue weighted by atomic mass is 10.1. The number of thioether (sulfide) groups is 1. The lowest BCUT2D eigenvalue weighted by Gasteiger charge is -2.15. The second-order valence-electron chi connectivity index (χ2n) is 6.48. The fraction of sp³-hybridized carbons (Fsp3) is 0.261. The summed E-state index contributed by atoms with van der Waals surface area (Å²) >= 11 is 7.77. The second kappa shape index (κ2) is 10.7. The highest BCUT2D eigenvalue weighted by Gasteiger charge is 2.13. The first kappa shape index (κ1) is 21.0. The minimum Gasteiger partial charge on any atom is -0.487 e. The fourth-order valence-corrected chi connectivity index (χ4v) is 4.20. The lowest BCUT2D eigenvalue weighted by Crippen LogP contribution is -2.00. The standard InChI is InChI=1S/C23H20ClN3OS/c24-19-8-6-17-7-9-20(27-22(17)15-19)16-28-21-5-3-4-18(14-21)23(10-12-26)29-13-2-1-11-25/h3-9,14-15,23H,1-2,10,13,16H2. The van der Waals surface area contributed by atoms with E-state index < -0.39 is 0 Å². The Morgan fingerprint density at radius 3 is 2.76 bits per heavy atom. The molecule has 146 valence electrons. The number of benzene rings is 2. The van der Waals surface area contributed by atoms with Crippen molar-refractivity contribution in [3.63, 3.8) is 0 Å². The summed E-state index contributed by atoms with van der Waals surface area (Å²) in [7, 11) is 0. The molecule has 0 aliphatic heterocycles. The van der Waals surface area contributed by atoms with Crippen LogP contribution in [0.1, 0.15) is 35.8 Å². The summed E-state index contributed by atoms with van der Waals surface area (Å²) in [6.45, 7) is 0.351. The third-order valence-electron chi connectivity index (χ3n) is 4.36. The quantitative estimate of drug-likeness (QED) is 0.371. The van der Waals surface area contributed by atoms with Crippen LogP contribution in [0.25, 0.3) is 10.9 Å². The van der Waals surface area contributed by atoms with Crippen molar-refractivity contribution in [2.75, 3.05) is 5.75 Å². The molecule has 0 spiro atoms. The predicted octanol–water partition coefficient (Wildman–Crippen LogP) is 6.46. The molecule has 6 heteroatoms. The summed E-state index contributed by atoms with van der Waals surface area (Å²) in [4.78, 5) is 4.61. The van der Waals surface area contributed by atoms with Gasteiger partial charge in [-0.3, -0.25) is 0 Å². The Morgan fingerprint density at radius 2 is 1.93 bits per heavy atom. The number of nitriles is 2. The normalized spacial score (nSPS) is 11.6. The Morgan fingerprint density at radius 1 is 1.07 bits per heavy atom. The first-order chi connectivity index (χ1) is 14.2. The Hall–Kier alpha value is -2.73. The van der Waals surface area contributed by atoms with Crippen molar-refractivity contribution in [1.82, 2.24) is 4.98 Å². The molecule has 0 saturated carbocycles. The minimum atomic E-state index is 0.0724. The van der Waals surface area contributed by atoms with Crippen LogP contribution in [-0.4, -0.2) is 10.7 Å². The van der Waals surface area contributed by atoms with E-state index in [1.807, 2.05) is 54.6 Å². The summed E-state index contributed by atoms with van der Waals surface area (Å²) in [6.07, 6.45) is 1.80. The van der Waals surface area contributed by atoms with Crippen molar-refractivity contribution in [1.29, 1.82) is 10.5 Å². The zero-order valence-electron chi connectivity index (χ0n) is 15.8. The highest BCUT2D eigenvalue weighted by molar-refractivity contribution is 7.99. The number of halogens is 1. The van der Waals surface area contributed by atoms with Gasteiger partial charge in [-0.2, -0.15) is 22.3 Å². The van der Waals surface area contributed by atoms with Crippen molar-refractivity contribution < 1.29 is 4.74 Å². The van der Waals surface area contributed by atoms with Crippen molar-refractivity contribution in [3.05, 3.63) is 70.9 Å². The van der Waals surface area contributed by atoms with Gasteiger partial charge in [0.1, 0.15) is 12.4 Å². The van der Waals surface area contributed by atoms with E-state index >= 15 is 0 Å². The van der Waals surface area contributed by atoms with E-state index in [0.29, 0.717) is 24.5 Å². The van der Waals surface area contributed by atoms with Gasteiger partial charge in [-0.05, 0) is 48.1 Å². The molecule has 0 fully saturated rings. The zero-order chi connectivity index (χ0) is 20.5. The molecule has 4 nitrogen and oxygen atoms in total. The number of fused-ring (bicyclic) bond motifs is 1. The van der Waals surface area contributed by atoms with Gasteiger partial charge < -0.3 is 4.74 Å². The third kappa shape index (κ3) is 6.12. The van der Waals surface area contributed by atoms with Gasteiger partial charge in [0.2, 0.25) is 0 Å². The number of aromatic nitrogens is 1. The SMILES string of the molecule is N#CCCCSC(CC#N)c1cccc(OCc2ccc3ccc(Cl)cc3n2)c1. The average Bonchev–Trinajstić information content (AvgIpc) is 2.74. The van der Waals surface area contributed by atoms with Gasteiger partial charge in [0.05, 0.1) is 29.8 Å². The molecule has 1 heterocycles. The van der Waals surface area contributed by atoms with Crippen LogP contribution in [-0.2, 0) is 6.61 Å². The van der Waals surface area contributed by atoms with E-state index in [-0.39, 0.29) is 5.25 Å². The molecule has 2 aromatic carbocycles.